The number of carbonyl (C=O) groups is 2. The number of halogens is 1. The predicted octanol–water partition coefficient (Wildman–Crippen LogP) is 3.65. The Balaban J connectivity index is 0.000000541. The largest absolute Gasteiger partial charge is 0.381 e. The molecule has 0 atom stereocenters. The van der Waals surface area contributed by atoms with Gasteiger partial charge >= 0.3 is 6.03 Å². The van der Waals surface area contributed by atoms with Crippen LogP contribution in [0, 0.1) is 18.3 Å². The first-order valence-corrected chi connectivity index (χ1v) is 10.9. The van der Waals surface area contributed by atoms with Crippen LogP contribution in [0.5, 0.6) is 0 Å². The lowest BCUT2D eigenvalue weighted by molar-refractivity contribution is 0.0402. The van der Waals surface area contributed by atoms with Crippen LogP contribution < -0.4 is 11.1 Å². The minimum Gasteiger partial charge on any atom is -0.381 e. The number of nitriles is 1. The predicted molar refractivity (Wildman–Crippen MR) is 121 cm³/mol. The van der Waals surface area contributed by atoms with E-state index in [-0.39, 0.29) is 37.5 Å². The van der Waals surface area contributed by atoms with Crippen LogP contribution in [-0.2, 0) is 10.4 Å². The molecule has 0 unspecified atom stereocenters. The number of hydrogen-bond acceptors (Lipinski definition) is 5. The van der Waals surface area contributed by atoms with Gasteiger partial charge in [-0.25, -0.2) is 9.18 Å². The molecule has 9 heteroatoms. The number of aryl methyl sites for hydroxylation is 1. The molecule has 3 amide bonds. The smallest absolute Gasteiger partial charge is 0.316 e. The molecule has 174 valence electrons. The number of primary amides is 1. The van der Waals surface area contributed by atoms with Crippen molar-refractivity contribution in [3.63, 3.8) is 0 Å². The molecule has 4 rings (SSSR count). The number of nitrogens with zero attached hydrogens (tertiary/aromatic N) is 3. The van der Waals surface area contributed by atoms with Crippen molar-refractivity contribution >= 4 is 17.6 Å². The van der Waals surface area contributed by atoms with E-state index in [9.17, 15) is 9.59 Å². The van der Waals surface area contributed by atoms with Gasteiger partial charge in [-0.15, -0.1) is 0 Å². The molecule has 8 nitrogen and oxygen atoms in total. The highest BCUT2D eigenvalue weighted by molar-refractivity contribution is 5.97. The van der Waals surface area contributed by atoms with Crippen LogP contribution in [0.25, 0.3) is 0 Å². The Morgan fingerprint density at radius 3 is 2.42 bits per heavy atom. The van der Waals surface area contributed by atoms with Gasteiger partial charge in [0, 0.05) is 56.6 Å². The van der Waals surface area contributed by atoms with Crippen molar-refractivity contribution in [1.82, 2.24) is 9.88 Å². The highest BCUT2D eigenvalue weighted by Crippen LogP contribution is 2.36. The van der Waals surface area contributed by atoms with E-state index in [2.05, 4.69) is 10.3 Å². The van der Waals surface area contributed by atoms with Crippen LogP contribution in [-0.4, -0.2) is 48.1 Å². The molecule has 1 aromatic carbocycles. The molecule has 2 aromatic rings. The van der Waals surface area contributed by atoms with Gasteiger partial charge in [0.1, 0.15) is 6.07 Å². The maximum Gasteiger partial charge on any atom is 0.316 e. The maximum atomic E-state index is 15.3. The summed E-state index contributed by atoms with van der Waals surface area (Å²) in [5.41, 5.74) is 5.83. The van der Waals surface area contributed by atoms with Crippen molar-refractivity contribution < 1.29 is 18.7 Å². The van der Waals surface area contributed by atoms with Gasteiger partial charge in [0.05, 0.1) is 11.3 Å². The van der Waals surface area contributed by atoms with E-state index in [4.69, 9.17) is 15.7 Å². The average Bonchev–Trinajstić information content (AvgIpc) is 3.41. The fourth-order valence-electron chi connectivity index (χ4n) is 3.76. The summed E-state index contributed by atoms with van der Waals surface area (Å²) in [6, 6.07) is 9.29. The molecule has 2 aliphatic heterocycles. The Bertz CT molecular complexity index is 1020. The second-order valence-corrected chi connectivity index (χ2v) is 8.14. The van der Waals surface area contributed by atoms with Crippen LogP contribution >= 0.6 is 0 Å². The van der Waals surface area contributed by atoms with Gasteiger partial charge in [0.15, 0.2) is 5.67 Å². The molecule has 2 fully saturated rings. The number of rotatable bonds is 3. The lowest BCUT2D eigenvalue weighted by atomic mass is 9.89. The van der Waals surface area contributed by atoms with E-state index in [1.54, 1.807) is 36.1 Å². The van der Waals surface area contributed by atoms with Crippen molar-refractivity contribution in [3.8, 4) is 6.07 Å². The number of alkyl halides is 1. The standard InChI is InChI=1S/C20H20FN5O2.C4H8O/c1-13-2-4-15(10-16(13)25-19(23)28)18(27)26-8-6-20(21,7-9-26)17-5-3-14(11-22)12-24-17;1-2-4-5-3-1/h2-5,10,12H,6-9H2,1H3,(H3,23,25,28);1-4H2. The number of likely N-dealkylation sites (tertiary alicyclic amines) is 1. The molecular formula is C24H28FN5O3. The van der Waals surface area contributed by atoms with Crippen LogP contribution in [0.2, 0.25) is 0 Å². The second-order valence-electron chi connectivity index (χ2n) is 8.14. The van der Waals surface area contributed by atoms with Crippen molar-refractivity contribution in [2.24, 2.45) is 5.73 Å². The number of amides is 3. The van der Waals surface area contributed by atoms with E-state index in [1.807, 2.05) is 6.07 Å². The lowest BCUT2D eigenvalue weighted by Gasteiger charge is -2.36. The summed E-state index contributed by atoms with van der Waals surface area (Å²) in [6.07, 6.45) is 4.15. The average molecular weight is 454 g/mol. The number of hydrogen-bond donors (Lipinski definition) is 2. The molecule has 1 aromatic heterocycles. The maximum absolute atomic E-state index is 15.3. The fraction of sp³-hybridized carbons (Fsp3) is 0.417. The van der Waals surface area contributed by atoms with Gasteiger partial charge in [-0.05, 0) is 49.6 Å². The number of urea groups is 1. The first-order chi connectivity index (χ1) is 15.8. The van der Waals surface area contributed by atoms with Crippen molar-refractivity contribution in [2.75, 3.05) is 31.6 Å². The highest BCUT2D eigenvalue weighted by Gasteiger charge is 2.39. The van der Waals surface area contributed by atoms with Crippen LogP contribution in [0.4, 0.5) is 14.9 Å². The molecule has 0 saturated carbocycles. The number of carbonyl (C=O) groups excluding carboxylic acids is 2. The SMILES string of the molecule is C1CCOC1.Cc1ccc(C(=O)N2CCC(F)(c3ccc(C#N)cn3)CC2)cc1NC(N)=O. The van der Waals surface area contributed by atoms with Gasteiger partial charge in [-0.1, -0.05) is 6.07 Å². The normalized spacial score (nSPS) is 16.8. The molecule has 2 saturated heterocycles. The quantitative estimate of drug-likeness (QED) is 0.735. The van der Waals surface area contributed by atoms with Crippen molar-refractivity contribution in [2.45, 2.75) is 38.3 Å². The number of nitrogens with one attached hydrogen (secondary N) is 1. The number of benzene rings is 1. The van der Waals surface area contributed by atoms with Gasteiger partial charge in [-0.3, -0.25) is 9.78 Å². The topological polar surface area (TPSA) is 121 Å². The van der Waals surface area contributed by atoms with Gasteiger partial charge < -0.3 is 20.7 Å². The molecular weight excluding hydrogens is 425 g/mol. The molecule has 0 bridgehead atoms. The lowest BCUT2D eigenvalue weighted by Crippen LogP contribution is -2.43. The Labute approximate surface area is 192 Å². The minimum absolute atomic E-state index is 0.121. The molecule has 0 radical (unpaired) electrons. The monoisotopic (exact) mass is 453 g/mol. The molecule has 0 spiro atoms. The van der Waals surface area contributed by atoms with E-state index in [1.165, 1.54) is 25.1 Å². The number of aromatic nitrogens is 1. The third-order valence-electron chi connectivity index (χ3n) is 5.76. The highest BCUT2D eigenvalue weighted by atomic mass is 19.1. The molecule has 33 heavy (non-hydrogen) atoms. The summed E-state index contributed by atoms with van der Waals surface area (Å²) >= 11 is 0. The van der Waals surface area contributed by atoms with Crippen LogP contribution in [0.3, 0.4) is 0 Å². The minimum atomic E-state index is -1.63. The van der Waals surface area contributed by atoms with E-state index >= 15 is 4.39 Å². The Morgan fingerprint density at radius 1 is 1.21 bits per heavy atom. The summed E-state index contributed by atoms with van der Waals surface area (Å²) in [5, 5.41) is 11.3. The first-order valence-electron chi connectivity index (χ1n) is 10.9. The summed E-state index contributed by atoms with van der Waals surface area (Å²) in [5.74, 6) is -0.234. The van der Waals surface area contributed by atoms with E-state index in [0.29, 0.717) is 16.8 Å². The van der Waals surface area contributed by atoms with Crippen LogP contribution in [0.1, 0.15) is 52.9 Å². The second kappa shape index (κ2) is 10.9. The van der Waals surface area contributed by atoms with Gasteiger partial charge in [0.2, 0.25) is 0 Å². The summed E-state index contributed by atoms with van der Waals surface area (Å²) < 4.78 is 20.2. The summed E-state index contributed by atoms with van der Waals surface area (Å²) in [6.45, 7) is 4.27. The van der Waals surface area contributed by atoms with E-state index < -0.39 is 11.7 Å². The molecule has 0 aliphatic carbocycles. The Morgan fingerprint density at radius 2 is 1.91 bits per heavy atom. The van der Waals surface area contributed by atoms with Gasteiger partial charge in [-0.2, -0.15) is 5.26 Å². The zero-order valence-electron chi connectivity index (χ0n) is 18.6. The summed E-state index contributed by atoms with van der Waals surface area (Å²) in [7, 11) is 0. The number of ether oxygens (including phenoxy) is 1. The third kappa shape index (κ3) is 6.26. The Kier molecular flexibility index (Phi) is 7.96. The molecule has 3 N–H and O–H groups in total. The Hall–Kier alpha value is -3.51. The first kappa shape index (κ1) is 24.1. The zero-order valence-corrected chi connectivity index (χ0v) is 18.6. The number of piperidine rings is 1. The van der Waals surface area contributed by atoms with Crippen molar-refractivity contribution in [3.05, 3.63) is 58.9 Å². The zero-order chi connectivity index (χ0) is 23.8. The number of anilines is 1. The van der Waals surface area contributed by atoms with Crippen molar-refractivity contribution in [1.29, 1.82) is 5.26 Å². The molecule has 3 heterocycles. The fourth-order valence-corrected chi connectivity index (χ4v) is 3.76. The molecule has 2 aliphatic rings. The van der Waals surface area contributed by atoms with Gasteiger partial charge in [0.25, 0.3) is 5.91 Å². The van der Waals surface area contributed by atoms with Crippen LogP contribution in [0.15, 0.2) is 36.5 Å². The van der Waals surface area contributed by atoms with E-state index in [0.717, 1.165) is 18.8 Å². The number of nitrogens with two attached hydrogens (primary N) is 1. The third-order valence-corrected chi connectivity index (χ3v) is 5.76. The summed E-state index contributed by atoms with van der Waals surface area (Å²) in [4.78, 5) is 29.5. The number of pyridine rings is 1.